The van der Waals surface area contributed by atoms with Crippen LogP contribution in [-0.2, 0) is 0 Å². The van der Waals surface area contributed by atoms with E-state index in [4.69, 9.17) is 7.85 Å². The highest BCUT2D eigenvalue weighted by molar-refractivity contribution is 7.27. The van der Waals surface area contributed by atoms with Crippen LogP contribution in [0.4, 0.5) is 0 Å². The third kappa shape index (κ3) is 3.25. The minimum atomic E-state index is 0.792. The Kier molecular flexibility index (Phi) is 4.85. The van der Waals surface area contributed by atoms with Gasteiger partial charge in [0.05, 0.1) is 0 Å². The van der Waals surface area contributed by atoms with E-state index in [1.807, 2.05) is 34.0 Å². The summed E-state index contributed by atoms with van der Waals surface area (Å²) in [5, 5.41) is 0. The highest BCUT2D eigenvalue weighted by Gasteiger charge is 2.21. The van der Waals surface area contributed by atoms with Gasteiger partial charge in [-0.3, -0.25) is 0 Å². The first-order valence-corrected chi connectivity index (χ1v) is 12.3. The van der Waals surface area contributed by atoms with Crippen molar-refractivity contribution in [1.29, 1.82) is 0 Å². The third-order valence-corrected chi connectivity index (χ3v) is 10.0. The average molecular weight is 394 g/mol. The van der Waals surface area contributed by atoms with Gasteiger partial charge in [0.25, 0.3) is 0 Å². The number of thiophene rings is 3. The molecule has 2 radical (unpaired) electrons. The fourth-order valence-electron chi connectivity index (χ4n) is 4.54. The molecule has 0 aliphatic heterocycles. The molecule has 0 spiro atoms. The lowest BCUT2D eigenvalue weighted by Gasteiger charge is -2.04. The van der Waals surface area contributed by atoms with Gasteiger partial charge in [-0.1, -0.05) is 31.1 Å². The lowest BCUT2D eigenvalue weighted by atomic mass is 9.96. The topological polar surface area (TPSA) is 0 Å². The van der Waals surface area contributed by atoms with Gasteiger partial charge in [-0.25, -0.2) is 0 Å². The summed E-state index contributed by atoms with van der Waals surface area (Å²) in [7, 11) is 6.42. The number of hydrogen-bond acceptors (Lipinski definition) is 3. The Bertz CT molecular complexity index is 888. The van der Waals surface area contributed by atoms with Gasteiger partial charge in [-0.15, -0.1) is 34.0 Å². The zero-order valence-corrected chi connectivity index (χ0v) is 17.4. The second-order valence-electron chi connectivity index (χ2n) is 7.76. The zero-order chi connectivity index (χ0) is 17.5. The summed E-state index contributed by atoms with van der Waals surface area (Å²) in [5.74, 6) is 1.59. The molecule has 0 aromatic carbocycles. The van der Waals surface area contributed by atoms with Crippen LogP contribution in [0.2, 0.25) is 0 Å². The van der Waals surface area contributed by atoms with Crippen molar-refractivity contribution in [2.24, 2.45) is 0 Å². The van der Waals surface area contributed by atoms with Gasteiger partial charge in [0.2, 0.25) is 0 Å². The lowest BCUT2D eigenvalue weighted by Crippen LogP contribution is -1.98. The molecule has 3 aromatic rings. The lowest BCUT2D eigenvalue weighted by molar-refractivity contribution is 0.738. The van der Waals surface area contributed by atoms with Gasteiger partial charge < -0.3 is 0 Å². The first-order chi connectivity index (χ1) is 12.8. The van der Waals surface area contributed by atoms with Crippen molar-refractivity contribution < 1.29 is 0 Å². The van der Waals surface area contributed by atoms with Crippen LogP contribution < -0.4 is 5.46 Å². The molecule has 0 unspecified atom stereocenters. The zero-order valence-electron chi connectivity index (χ0n) is 15.0. The maximum Gasteiger partial charge on any atom is 0.115 e. The molecule has 2 saturated carbocycles. The summed E-state index contributed by atoms with van der Waals surface area (Å²) < 4.78 is 0. The van der Waals surface area contributed by atoms with Gasteiger partial charge in [0.1, 0.15) is 7.85 Å². The standard InChI is InChI=1S/C22H23BS3/c23-16-13-21(19-11-9-17(24-19)14-5-1-2-6-14)26-22(16)20-12-10-18(25-20)15-7-3-4-8-15/h9-15H,1-8H2. The van der Waals surface area contributed by atoms with Crippen LogP contribution in [0, 0.1) is 0 Å². The van der Waals surface area contributed by atoms with Gasteiger partial charge in [0, 0.05) is 29.3 Å². The molecule has 2 aliphatic rings. The summed E-state index contributed by atoms with van der Waals surface area (Å²) in [6, 6.07) is 11.5. The van der Waals surface area contributed by atoms with Crippen molar-refractivity contribution in [2.45, 2.75) is 63.2 Å². The molecule has 26 heavy (non-hydrogen) atoms. The molecule has 0 saturated heterocycles. The van der Waals surface area contributed by atoms with E-state index in [2.05, 4.69) is 30.3 Å². The number of rotatable bonds is 4. The summed E-state index contributed by atoms with van der Waals surface area (Å²) in [4.78, 5) is 8.49. The molecule has 2 aliphatic carbocycles. The minimum absolute atomic E-state index is 0.792. The van der Waals surface area contributed by atoms with Crippen LogP contribution in [0.1, 0.15) is 73.0 Å². The Morgan fingerprint density at radius 2 is 1.19 bits per heavy atom. The molecule has 4 heteroatoms. The van der Waals surface area contributed by atoms with Crippen LogP contribution in [0.15, 0.2) is 30.3 Å². The van der Waals surface area contributed by atoms with E-state index in [-0.39, 0.29) is 0 Å². The third-order valence-electron chi connectivity index (χ3n) is 6.00. The molecule has 2 fully saturated rings. The van der Waals surface area contributed by atoms with E-state index in [1.165, 1.54) is 70.9 Å². The molecule has 0 N–H and O–H groups in total. The molecule has 0 bridgehead atoms. The summed E-state index contributed by atoms with van der Waals surface area (Å²) in [6.45, 7) is 0. The molecular formula is C22H23BS3. The first kappa shape index (κ1) is 17.3. The highest BCUT2D eigenvalue weighted by atomic mass is 32.1. The van der Waals surface area contributed by atoms with Crippen molar-refractivity contribution in [3.05, 3.63) is 40.1 Å². The molecule has 0 amide bonds. The van der Waals surface area contributed by atoms with Crippen LogP contribution in [0.3, 0.4) is 0 Å². The summed E-state index contributed by atoms with van der Waals surface area (Å²) in [5.41, 5.74) is 0.945. The van der Waals surface area contributed by atoms with E-state index in [1.54, 1.807) is 9.75 Å². The van der Waals surface area contributed by atoms with Crippen molar-refractivity contribution in [3.8, 4) is 19.5 Å². The normalized spacial score (nSPS) is 18.9. The Morgan fingerprint density at radius 3 is 1.81 bits per heavy atom. The molecule has 132 valence electrons. The molecule has 3 heterocycles. The molecule has 0 atom stereocenters. The van der Waals surface area contributed by atoms with Crippen molar-refractivity contribution in [3.63, 3.8) is 0 Å². The van der Waals surface area contributed by atoms with Gasteiger partial charge >= 0.3 is 0 Å². The Balaban J connectivity index is 1.41. The van der Waals surface area contributed by atoms with E-state index in [0.717, 1.165) is 17.3 Å². The maximum atomic E-state index is 6.42. The Morgan fingerprint density at radius 1 is 0.654 bits per heavy atom. The molecule has 5 rings (SSSR count). The fraction of sp³-hybridized carbons (Fsp3) is 0.455. The monoisotopic (exact) mass is 394 g/mol. The van der Waals surface area contributed by atoms with E-state index >= 15 is 0 Å². The molecule has 0 nitrogen and oxygen atoms in total. The van der Waals surface area contributed by atoms with Gasteiger partial charge in [0.15, 0.2) is 0 Å². The minimum Gasteiger partial charge on any atom is -0.139 e. The van der Waals surface area contributed by atoms with Crippen molar-refractivity contribution in [1.82, 2.24) is 0 Å². The van der Waals surface area contributed by atoms with E-state index in [9.17, 15) is 0 Å². The van der Waals surface area contributed by atoms with Crippen LogP contribution >= 0.6 is 34.0 Å². The van der Waals surface area contributed by atoms with Gasteiger partial charge in [-0.2, -0.15) is 0 Å². The van der Waals surface area contributed by atoms with E-state index in [0.29, 0.717) is 0 Å². The highest BCUT2D eigenvalue weighted by Crippen LogP contribution is 2.44. The predicted molar refractivity (Wildman–Crippen MR) is 119 cm³/mol. The fourth-order valence-corrected chi connectivity index (χ4v) is 8.19. The summed E-state index contributed by atoms with van der Waals surface area (Å²) >= 11 is 5.82. The second kappa shape index (κ2) is 7.29. The van der Waals surface area contributed by atoms with E-state index < -0.39 is 0 Å². The smallest absolute Gasteiger partial charge is 0.115 e. The van der Waals surface area contributed by atoms with Crippen LogP contribution in [-0.4, -0.2) is 7.85 Å². The molecular weight excluding hydrogens is 371 g/mol. The average Bonchev–Trinajstić information content (AvgIpc) is 3.45. The predicted octanol–water partition coefficient (Wildman–Crippen LogP) is 7.31. The van der Waals surface area contributed by atoms with Crippen LogP contribution in [0.25, 0.3) is 19.5 Å². The van der Waals surface area contributed by atoms with Gasteiger partial charge in [-0.05, 0) is 67.9 Å². The SMILES string of the molecule is [B]c1cc(-c2ccc(C3CCCC3)s2)sc1-c1ccc(C2CCCC2)s1. The van der Waals surface area contributed by atoms with Crippen molar-refractivity contribution >= 4 is 47.3 Å². The second-order valence-corrected chi connectivity index (χ2v) is 11.0. The summed E-state index contributed by atoms with van der Waals surface area (Å²) in [6.07, 6.45) is 11.1. The first-order valence-electron chi connectivity index (χ1n) is 9.87. The Labute approximate surface area is 169 Å². The number of hydrogen-bond donors (Lipinski definition) is 0. The Hall–Kier alpha value is -0.835. The largest absolute Gasteiger partial charge is 0.139 e. The van der Waals surface area contributed by atoms with Crippen LogP contribution in [0.5, 0.6) is 0 Å². The van der Waals surface area contributed by atoms with Crippen molar-refractivity contribution in [2.75, 3.05) is 0 Å². The molecule has 3 aromatic heterocycles. The maximum absolute atomic E-state index is 6.42. The quantitative estimate of drug-likeness (QED) is 0.407.